The Morgan fingerprint density at radius 1 is 1.47 bits per heavy atom. The van der Waals surface area contributed by atoms with E-state index in [-0.39, 0.29) is 5.41 Å². The number of pyridine rings is 1. The van der Waals surface area contributed by atoms with E-state index in [4.69, 9.17) is 0 Å². The van der Waals surface area contributed by atoms with E-state index in [9.17, 15) is 5.11 Å². The molecule has 15 heavy (non-hydrogen) atoms. The first-order valence-electron chi connectivity index (χ1n) is 5.39. The number of hydrogen-bond donors (Lipinski definition) is 1. The zero-order valence-electron chi connectivity index (χ0n) is 9.40. The largest absolute Gasteiger partial charge is 0.396 e. The van der Waals surface area contributed by atoms with Crippen LogP contribution in [0.5, 0.6) is 0 Å². The molecule has 0 unspecified atom stereocenters. The van der Waals surface area contributed by atoms with Crippen LogP contribution in [0, 0.1) is 5.41 Å². The molecule has 1 fully saturated rings. The van der Waals surface area contributed by atoms with Crippen molar-refractivity contribution >= 4 is 5.82 Å². The van der Waals surface area contributed by atoms with Crippen LogP contribution in [0.3, 0.4) is 0 Å². The maximum Gasteiger partial charge on any atom is 0.131 e. The summed E-state index contributed by atoms with van der Waals surface area (Å²) in [5, 5.41) is 9.31. The molecule has 0 bridgehead atoms. The Hall–Kier alpha value is -1.09. The monoisotopic (exact) mass is 206 g/mol. The van der Waals surface area contributed by atoms with Crippen LogP contribution >= 0.6 is 0 Å². The average molecular weight is 206 g/mol. The van der Waals surface area contributed by atoms with E-state index in [1.54, 1.807) is 0 Å². The predicted molar refractivity (Wildman–Crippen MR) is 61.0 cm³/mol. The van der Waals surface area contributed by atoms with Gasteiger partial charge in [0, 0.05) is 26.9 Å². The Labute approximate surface area is 90.8 Å². The maximum atomic E-state index is 9.31. The van der Waals surface area contributed by atoms with Gasteiger partial charge in [0.25, 0.3) is 0 Å². The van der Waals surface area contributed by atoms with E-state index in [1.165, 1.54) is 5.56 Å². The first-order chi connectivity index (χ1) is 7.17. The summed E-state index contributed by atoms with van der Waals surface area (Å²) < 4.78 is 0. The lowest BCUT2D eigenvalue weighted by atomic mass is 9.98. The predicted octanol–water partition coefficient (Wildman–Crippen LogP) is 1.46. The van der Waals surface area contributed by atoms with Gasteiger partial charge in [-0.3, -0.25) is 0 Å². The number of anilines is 1. The summed E-state index contributed by atoms with van der Waals surface area (Å²) in [6.45, 7) is 0.300. The van der Waals surface area contributed by atoms with Crippen LogP contribution in [0.25, 0.3) is 0 Å². The van der Waals surface area contributed by atoms with Gasteiger partial charge in [0.2, 0.25) is 0 Å². The van der Waals surface area contributed by atoms with Gasteiger partial charge in [0.1, 0.15) is 5.82 Å². The SMILES string of the molecule is CN(C)c1ncccc1CC1(CO)CC1. The second kappa shape index (κ2) is 3.81. The van der Waals surface area contributed by atoms with Gasteiger partial charge >= 0.3 is 0 Å². The third kappa shape index (κ3) is 2.12. The molecule has 1 aromatic heterocycles. The normalized spacial score (nSPS) is 17.5. The minimum atomic E-state index is 0.161. The second-order valence-electron chi connectivity index (χ2n) is 4.72. The van der Waals surface area contributed by atoms with Crippen LogP contribution in [-0.4, -0.2) is 30.8 Å². The molecule has 0 radical (unpaired) electrons. The molecule has 1 heterocycles. The summed E-state index contributed by atoms with van der Waals surface area (Å²) in [6, 6.07) is 4.08. The zero-order chi connectivity index (χ0) is 10.9. The Bertz CT molecular complexity index is 345. The van der Waals surface area contributed by atoms with Gasteiger partial charge in [-0.15, -0.1) is 0 Å². The van der Waals surface area contributed by atoms with Crippen LogP contribution in [-0.2, 0) is 6.42 Å². The van der Waals surface area contributed by atoms with Gasteiger partial charge < -0.3 is 10.0 Å². The van der Waals surface area contributed by atoms with Crippen LogP contribution < -0.4 is 4.90 Å². The minimum absolute atomic E-state index is 0.161. The van der Waals surface area contributed by atoms with Gasteiger partial charge in [0.15, 0.2) is 0 Å². The van der Waals surface area contributed by atoms with Crippen molar-refractivity contribution in [2.24, 2.45) is 5.41 Å². The molecular formula is C12H18N2O. The smallest absolute Gasteiger partial charge is 0.131 e. The van der Waals surface area contributed by atoms with E-state index in [2.05, 4.69) is 11.1 Å². The van der Waals surface area contributed by atoms with Crippen molar-refractivity contribution in [1.29, 1.82) is 0 Å². The van der Waals surface area contributed by atoms with Crippen molar-refractivity contribution in [3.8, 4) is 0 Å². The molecule has 3 nitrogen and oxygen atoms in total. The molecule has 82 valence electrons. The van der Waals surface area contributed by atoms with Crippen LogP contribution in [0.4, 0.5) is 5.82 Å². The Morgan fingerprint density at radius 3 is 2.73 bits per heavy atom. The Balaban J connectivity index is 2.20. The molecule has 2 rings (SSSR count). The van der Waals surface area contributed by atoms with Crippen molar-refractivity contribution in [1.82, 2.24) is 4.98 Å². The van der Waals surface area contributed by atoms with Crippen LogP contribution in [0.1, 0.15) is 18.4 Å². The number of aliphatic hydroxyl groups is 1. The highest BCUT2D eigenvalue weighted by molar-refractivity contribution is 5.46. The third-order valence-corrected chi connectivity index (χ3v) is 3.15. The van der Waals surface area contributed by atoms with Crippen LogP contribution in [0.15, 0.2) is 18.3 Å². The van der Waals surface area contributed by atoms with Crippen molar-refractivity contribution in [3.63, 3.8) is 0 Å². The minimum Gasteiger partial charge on any atom is -0.396 e. The number of rotatable bonds is 4. The summed E-state index contributed by atoms with van der Waals surface area (Å²) in [7, 11) is 4.01. The zero-order valence-corrected chi connectivity index (χ0v) is 9.40. The molecule has 1 aromatic rings. The summed E-state index contributed by atoms with van der Waals surface area (Å²) in [5.74, 6) is 1.03. The summed E-state index contributed by atoms with van der Waals surface area (Å²) in [5.41, 5.74) is 1.41. The lowest BCUT2D eigenvalue weighted by Crippen LogP contribution is -2.17. The number of nitrogens with zero attached hydrogens (tertiary/aromatic N) is 2. The maximum absolute atomic E-state index is 9.31. The highest BCUT2D eigenvalue weighted by Gasteiger charge is 2.42. The van der Waals surface area contributed by atoms with E-state index in [1.807, 2.05) is 31.3 Å². The van der Waals surface area contributed by atoms with Gasteiger partial charge in [-0.2, -0.15) is 0 Å². The number of aromatic nitrogens is 1. The summed E-state index contributed by atoms with van der Waals surface area (Å²) in [4.78, 5) is 6.40. The van der Waals surface area contributed by atoms with Crippen molar-refractivity contribution in [2.45, 2.75) is 19.3 Å². The molecule has 0 atom stereocenters. The molecule has 1 N–H and O–H groups in total. The molecule has 1 aliphatic rings. The van der Waals surface area contributed by atoms with Gasteiger partial charge in [-0.25, -0.2) is 4.98 Å². The van der Waals surface area contributed by atoms with Crippen LogP contribution in [0.2, 0.25) is 0 Å². The van der Waals surface area contributed by atoms with Crippen molar-refractivity contribution in [3.05, 3.63) is 23.9 Å². The Morgan fingerprint density at radius 2 is 2.20 bits per heavy atom. The van der Waals surface area contributed by atoms with Crippen molar-refractivity contribution < 1.29 is 5.11 Å². The molecule has 1 saturated carbocycles. The fourth-order valence-electron chi connectivity index (χ4n) is 1.94. The summed E-state index contributed by atoms with van der Waals surface area (Å²) >= 11 is 0. The highest BCUT2D eigenvalue weighted by atomic mass is 16.3. The van der Waals surface area contributed by atoms with Crippen molar-refractivity contribution in [2.75, 3.05) is 25.6 Å². The van der Waals surface area contributed by atoms with Gasteiger partial charge in [-0.05, 0) is 36.3 Å². The fraction of sp³-hybridized carbons (Fsp3) is 0.583. The van der Waals surface area contributed by atoms with E-state index in [0.717, 1.165) is 25.1 Å². The van der Waals surface area contributed by atoms with E-state index in [0.29, 0.717) is 6.61 Å². The van der Waals surface area contributed by atoms with Gasteiger partial charge in [-0.1, -0.05) is 6.07 Å². The number of hydrogen-bond acceptors (Lipinski definition) is 3. The lowest BCUT2D eigenvalue weighted by molar-refractivity contribution is 0.211. The molecular weight excluding hydrogens is 188 g/mol. The first-order valence-corrected chi connectivity index (χ1v) is 5.39. The molecule has 0 aliphatic heterocycles. The molecule has 3 heteroatoms. The number of aliphatic hydroxyl groups excluding tert-OH is 1. The molecule has 0 spiro atoms. The standard InChI is InChI=1S/C12H18N2O/c1-14(2)11-10(4-3-7-13-11)8-12(9-15)5-6-12/h3-4,7,15H,5-6,8-9H2,1-2H3. The topological polar surface area (TPSA) is 36.4 Å². The average Bonchev–Trinajstić information content (AvgIpc) is 2.99. The molecule has 1 aliphatic carbocycles. The summed E-state index contributed by atoms with van der Waals surface area (Å²) in [6.07, 6.45) is 5.05. The molecule has 0 aromatic carbocycles. The molecule has 0 amide bonds. The lowest BCUT2D eigenvalue weighted by Gasteiger charge is -2.18. The van der Waals surface area contributed by atoms with E-state index >= 15 is 0 Å². The second-order valence-corrected chi connectivity index (χ2v) is 4.72. The highest BCUT2D eigenvalue weighted by Crippen LogP contribution is 2.48. The third-order valence-electron chi connectivity index (χ3n) is 3.15. The molecule has 0 saturated heterocycles. The fourth-order valence-corrected chi connectivity index (χ4v) is 1.94. The van der Waals surface area contributed by atoms with Gasteiger partial charge in [0.05, 0.1) is 0 Å². The quantitative estimate of drug-likeness (QED) is 0.810. The first kappa shape index (κ1) is 10.4. The van der Waals surface area contributed by atoms with E-state index < -0.39 is 0 Å². The Kier molecular flexibility index (Phi) is 2.65.